The van der Waals surface area contributed by atoms with Crippen LogP contribution in [0.1, 0.15) is 153 Å². The fraction of sp³-hybridized carbons (Fsp3) is 0.649. The zero-order valence-corrected chi connectivity index (χ0v) is 53.6. The highest BCUT2D eigenvalue weighted by atomic mass is 32.2. The Morgan fingerprint density at radius 3 is 1.43 bits per heavy atom. The van der Waals surface area contributed by atoms with Gasteiger partial charge >= 0.3 is 5.97 Å². The van der Waals surface area contributed by atoms with Crippen LogP contribution in [-0.2, 0) is 66.4 Å². The molecule has 0 unspecified atom stereocenters. The number of sulfonamides is 2. The second-order valence-corrected chi connectivity index (χ2v) is 28.0. The van der Waals surface area contributed by atoms with E-state index in [2.05, 4.69) is 46.0 Å². The second kappa shape index (κ2) is 28.0. The molecule has 84 heavy (non-hydrogen) atoms. The van der Waals surface area contributed by atoms with Gasteiger partial charge < -0.3 is 58.0 Å². The Morgan fingerprint density at radius 2 is 1.02 bits per heavy atom. The summed E-state index contributed by atoms with van der Waals surface area (Å²) < 4.78 is 77.6. The third-order valence-corrected chi connectivity index (χ3v) is 17.6. The number of fused-ring (bicyclic) bond motifs is 2. The van der Waals surface area contributed by atoms with E-state index >= 15 is 0 Å². The minimum atomic E-state index is -4.25. The summed E-state index contributed by atoms with van der Waals surface area (Å²) in [6.45, 7) is 28.7. The summed E-state index contributed by atoms with van der Waals surface area (Å²) >= 11 is 0. The number of carbonyl (C=O) groups excluding carboxylic acids is 6. The van der Waals surface area contributed by atoms with Crippen molar-refractivity contribution in [3.8, 4) is 11.5 Å². The molecule has 0 bridgehead atoms. The van der Waals surface area contributed by atoms with Gasteiger partial charge in [0.1, 0.15) is 53.0 Å². The fourth-order valence-electron chi connectivity index (χ4n) is 10.1. The van der Waals surface area contributed by atoms with Crippen molar-refractivity contribution in [2.75, 3.05) is 26.2 Å². The van der Waals surface area contributed by atoms with Gasteiger partial charge in [0.15, 0.2) is 0 Å². The van der Waals surface area contributed by atoms with Gasteiger partial charge in [-0.25, -0.2) is 26.3 Å². The van der Waals surface area contributed by atoms with Crippen molar-refractivity contribution in [2.45, 2.75) is 213 Å². The van der Waals surface area contributed by atoms with Crippen LogP contribution in [0.4, 0.5) is 0 Å². The molecule has 2 heterocycles. The molecule has 2 aromatic rings. The van der Waals surface area contributed by atoms with Crippen LogP contribution < -0.4 is 62.7 Å². The van der Waals surface area contributed by atoms with Crippen molar-refractivity contribution >= 4 is 67.5 Å². The van der Waals surface area contributed by atoms with E-state index in [0.717, 1.165) is 11.1 Å². The van der Waals surface area contributed by atoms with Crippen molar-refractivity contribution in [2.24, 2.45) is 39.0 Å². The van der Waals surface area contributed by atoms with E-state index in [-0.39, 0.29) is 54.5 Å². The summed E-state index contributed by atoms with van der Waals surface area (Å²) in [5, 5.41) is 12.9. The lowest BCUT2D eigenvalue weighted by atomic mass is 9.94. The van der Waals surface area contributed by atoms with Gasteiger partial charge in [0.2, 0.25) is 41.5 Å². The molecule has 0 aliphatic carbocycles. The Labute approximate surface area is 495 Å². The van der Waals surface area contributed by atoms with Gasteiger partial charge in [-0.1, -0.05) is 27.7 Å². The van der Waals surface area contributed by atoms with E-state index < -0.39 is 127 Å². The number of amides is 5. The van der Waals surface area contributed by atoms with Crippen LogP contribution >= 0.6 is 0 Å². The molecular formula is C57H92N12O13S2. The monoisotopic (exact) mass is 1220 g/mol. The quantitative estimate of drug-likeness (QED) is 0.0280. The standard InChI is InChI=1S/C57H92N12O13S2/c1-29(2)24-39(58)49(72)67-44(30(3)4)52(75)66-41(21-19-23-62-54(60)69-84(78,79)48-34(8)32(6)46-38(36(48)10)26-57(16,17)82-46)51(74)63-27-42(70)65-40(50(73)64-28-43(71)80-55(11,12)13)20-18-22-61-53(59)68-83(76,77)47-33(7)31(5)45-37(35(47)9)25-56(14,15)81-45/h29-30,39-41,44H,18-28,58H2,1-17H3,(H,63,74)(H,64,73)(H,65,70)(H,66,75)(H,67,72)(H3,59,61,68)(H3,60,62,69)/t39-,40-,41-,44-/m0/s1. The number of hydrogen-bond acceptors (Lipinski definition) is 16. The van der Waals surface area contributed by atoms with E-state index in [1.54, 1.807) is 76.2 Å². The number of hydrogen-bond donors (Lipinski definition) is 10. The van der Waals surface area contributed by atoms with Gasteiger partial charge in [-0.15, -0.1) is 0 Å². The van der Waals surface area contributed by atoms with E-state index in [9.17, 15) is 45.6 Å². The van der Waals surface area contributed by atoms with Gasteiger partial charge in [0.05, 0.1) is 22.4 Å². The summed E-state index contributed by atoms with van der Waals surface area (Å²) in [6.07, 6.45) is 1.21. The first-order valence-electron chi connectivity index (χ1n) is 28.3. The van der Waals surface area contributed by atoms with Crippen molar-refractivity contribution in [1.82, 2.24) is 36.0 Å². The summed E-state index contributed by atoms with van der Waals surface area (Å²) in [6, 6.07) is -4.75. The van der Waals surface area contributed by atoms with Crippen LogP contribution in [0.2, 0.25) is 0 Å². The molecule has 0 radical (unpaired) electrons. The average molecular weight is 1220 g/mol. The first kappa shape index (κ1) is 69.8. The maximum atomic E-state index is 14.0. The van der Waals surface area contributed by atoms with Crippen LogP contribution in [0.25, 0.3) is 0 Å². The molecule has 470 valence electrons. The molecule has 0 aromatic heterocycles. The summed E-state index contributed by atoms with van der Waals surface area (Å²) in [5.41, 5.74) is 21.4. The number of ether oxygens (including phenoxy) is 3. The number of rotatable bonds is 26. The lowest BCUT2D eigenvalue weighted by Gasteiger charge is -2.26. The van der Waals surface area contributed by atoms with E-state index in [1.165, 1.54) is 0 Å². The number of esters is 1. The molecule has 0 fully saturated rings. The minimum absolute atomic E-state index is 0.0443. The van der Waals surface area contributed by atoms with Crippen molar-refractivity contribution in [3.63, 3.8) is 0 Å². The smallest absolute Gasteiger partial charge is 0.325 e. The number of nitrogens with zero attached hydrogens (tertiary/aromatic N) is 2. The first-order chi connectivity index (χ1) is 38.6. The van der Waals surface area contributed by atoms with Gasteiger partial charge in [0.25, 0.3) is 20.0 Å². The van der Waals surface area contributed by atoms with Crippen LogP contribution in [0.15, 0.2) is 19.8 Å². The molecular weight excluding hydrogens is 1120 g/mol. The normalized spacial score (nSPS) is 16.2. The third-order valence-electron chi connectivity index (χ3n) is 14.3. The highest BCUT2D eigenvalue weighted by molar-refractivity contribution is 7.90. The molecule has 2 aliphatic heterocycles. The molecule has 0 saturated carbocycles. The average Bonchev–Trinajstić information content (AvgIpc) is 2.19. The Kier molecular flexibility index (Phi) is 23.2. The topological polar surface area (TPSA) is 385 Å². The third kappa shape index (κ3) is 18.9. The Hall–Kier alpha value is -6.74. The zero-order valence-electron chi connectivity index (χ0n) is 52.0. The van der Waals surface area contributed by atoms with E-state index in [4.69, 9.17) is 31.4 Å². The number of carbonyl (C=O) groups is 6. The summed E-state index contributed by atoms with van der Waals surface area (Å²) in [5.74, 6) is -4.51. The molecule has 4 rings (SSSR count). The van der Waals surface area contributed by atoms with Crippen LogP contribution in [-0.4, -0.2) is 131 Å². The maximum Gasteiger partial charge on any atom is 0.325 e. The largest absolute Gasteiger partial charge is 0.487 e. The van der Waals surface area contributed by atoms with Gasteiger partial charge in [0, 0.05) is 37.1 Å². The second-order valence-electron chi connectivity index (χ2n) is 24.8. The molecule has 0 spiro atoms. The lowest BCUT2D eigenvalue weighted by Crippen LogP contribution is -2.58. The predicted octanol–water partition coefficient (Wildman–Crippen LogP) is 2.47. The number of aliphatic imine (C=N–C) groups is 2. The summed E-state index contributed by atoms with van der Waals surface area (Å²) in [4.78, 5) is 89.4. The van der Waals surface area contributed by atoms with Gasteiger partial charge in [-0.05, 0) is 167 Å². The molecule has 27 heteroatoms. The molecule has 5 amide bonds. The number of guanidine groups is 2. The zero-order chi connectivity index (χ0) is 63.8. The maximum absolute atomic E-state index is 14.0. The van der Waals surface area contributed by atoms with Crippen LogP contribution in [0.3, 0.4) is 0 Å². The molecule has 2 aliphatic rings. The lowest BCUT2D eigenvalue weighted by molar-refractivity contribution is -0.154. The Bertz CT molecular complexity index is 3130. The fourth-order valence-corrected chi connectivity index (χ4v) is 13.2. The highest BCUT2D eigenvalue weighted by Gasteiger charge is 2.39. The molecule has 2 aromatic carbocycles. The highest BCUT2D eigenvalue weighted by Crippen LogP contribution is 2.45. The number of nitrogens with two attached hydrogens (primary N) is 3. The SMILES string of the molecule is Cc1c(C)c(S(=O)(=O)NC(N)=NCCC[C@H](NC(=O)CNC(=O)[C@H](CCCN=C(N)NS(=O)(=O)c2c(C)c(C)c3c(c2C)CC(C)(C)O3)NC(=O)[C@@H](NC(=O)[C@@H](N)CC(C)C)C(C)C)C(=O)NCC(=O)OC(C)(C)C)c(C)c2c1OC(C)(C)C2. The van der Waals surface area contributed by atoms with Crippen LogP contribution in [0, 0.1) is 53.4 Å². The molecule has 13 N–H and O–H groups in total. The molecule has 25 nitrogen and oxygen atoms in total. The van der Waals surface area contributed by atoms with Crippen molar-refractivity contribution in [3.05, 3.63) is 44.5 Å². The predicted molar refractivity (Wildman–Crippen MR) is 320 cm³/mol. The number of nitrogens with one attached hydrogen (secondary N) is 7. The van der Waals surface area contributed by atoms with Crippen molar-refractivity contribution < 1.29 is 59.8 Å². The van der Waals surface area contributed by atoms with Crippen LogP contribution in [0.5, 0.6) is 11.5 Å². The van der Waals surface area contributed by atoms with Crippen molar-refractivity contribution in [1.29, 1.82) is 0 Å². The Balaban J connectivity index is 1.51. The molecule has 0 saturated heterocycles. The van der Waals surface area contributed by atoms with Gasteiger partial charge in [-0.2, -0.15) is 0 Å². The van der Waals surface area contributed by atoms with E-state index in [0.29, 0.717) is 64.1 Å². The Morgan fingerprint density at radius 1 is 0.607 bits per heavy atom. The summed E-state index contributed by atoms with van der Waals surface area (Å²) in [7, 11) is -8.48. The molecule has 4 atom stereocenters. The number of benzene rings is 2. The van der Waals surface area contributed by atoms with E-state index in [1.807, 2.05) is 41.5 Å². The minimum Gasteiger partial charge on any atom is -0.487 e. The first-order valence-corrected chi connectivity index (χ1v) is 31.3. The van der Waals surface area contributed by atoms with Gasteiger partial charge in [-0.3, -0.25) is 38.8 Å².